The van der Waals surface area contributed by atoms with E-state index in [1.54, 1.807) is 4.57 Å². The van der Waals surface area contributed by atoms with Gasteiger partial charge in [-0.15, -0.1) is 0 Å². The minimum absolute atomic E-state index is 0.267. The summed E-state index contributed by atoms with van der Waals surface area (Å²) in [6.45, 7) is 8.74. The van der Waals surface area contributed by atoms with Gasteiger partial charge < -0.3 is 4.84 Å². The van der Waals surface area contributed by atoms with Gasteiger partial charge >= 0.3 is 5.69 Å². The zero-order valence-corrected chi connectivity index (χ0v) is 18.1. The predicted molar refractivity (Wildman–Crippen MR) is 115 cm³/mol. The SMILES string of the molecule is CCCCn1c(=O)c2c(ncn2Oc2cc(C)c(Cl)cc2C)n(CCCC)c1=O. The zero-order chi connectivity index (χ0) is 21.1. The van der Waals surface area contributed by atoms with Crippen LogP contribution in [0.1, 0.15) is 50.7 Å². The van der Waals surface area contributed by atoms with Crippen LogP contribution in [-0.4, -0.2) is 18.8 Å². The second-order valence-electron chi connectivity index (χ2n) is 7.30. The highest BCUT2D eigenvalue weighted by atomic mass is 35.5. The first-order chi connectivity index (χ1) is 13.9. The number of aryl methyl sites for hydroxylation is 3. The highest BCUT2D eigenvalue weighted by molar-refractivity contribution is 6.31. The first-order valence-electron chi connectivity index (χ1n) is 10.0. The molecule has 156 valence electrons. The topological polar surface area (TPSA) is 71.0 Å². The van der Waals surface area contributed by atoms with Crippen LogP contribution in [0, 0.1) is 13.8 Å². The van der Waals surface area contributed by atoms with E-state index in [2.05, 4.69) is 11.9 Å². The zero-order valence-electron chi connectivity index (χ0n) is 17.4. The Balaban J connectivity index is 2.18. The Hall–Kier alpha value is -2.54. The number of unbranched alkanes of at least 4 members (excludes halogenated alkanes) is 2. The van der Waals surface area contributed by atoms with Gasteiger partial charge in [-0.25, -0.2) is 9.78 Å². The standard InChI is InChI=1S/C21H27ClN4O3/c1-5-7-9-24-19-18(20(27)25(21(24)28)10-8-6-2)26(13-23-19)29-17-12-14(3)16(22)11-15(17)4/h11-13H,5-10H2,1-4H3. The van der Waals surface area contributed by atoms with Crippen LogP contribution in [0.4, 0.5) is 0 Å². The number of benzene rings is 1. The number of nitrogens with zero attached hydrogens (tertiary/aromatic N) is 4. The normalized spacial score (nSPS) is 11.3. The third kappa shape index (κ3) is 4.10. The summed E-state index contributed by atoms with van der Waals surface area (Å²) in [5.74, 6) is 0.581. The summed E-state index contributed by atoms with van der Waals surface area (Å²) >= 11 is 6.18. The molecule has 7 nitrogen and oxygen atoms in total. The van der Waals surface area contributed by atoms with E-state index in [-0.39, 0.29) is 16.8 Å². The maximum absolute atomic E-state index is 13.1. The molecule has 0 saturated heterocycles. The molecular weight excluding hydrogens is 392 g/mol. The fraction of sp³-hybridized carbons (Fsp3) is 0.476. The average Bonchev–Trinajstić information content (AvgIpc) is 3.09. The summed E-state index contributed by atoms with van der Waals surface area (Å²) < 4.78 is 4.23. The van der Waals surface area contributed by atoms with Crippen LogP contribution in [0.2, 0.25) is 5.02 Å². The van der Waals surface area contributed by atoms with Gasteiger partial charge in [0, 0.05) is 18.1 Å². The molecule has 0 unspecified atom stereocenters. The highest BCUT2D eigenvalue weighted by Gasteiger charge is 2.19. The number of halogens is 1. The molecular formula is C21H27ClN4O3. The van der Waals surface area contributed by atoms with Crippen LogP contribution in [0.3, 0.4) is 0 Å². The van der Waals surface area contributed by atoms with Crippen molar-refractivity contribution in [2.75, 3.05) is 0 Å². The van der Waals surface area contributed by atoms with E-state index in [0.717, 1.165) is 36.8 Å². The minimum Gasteiger partial charge on any atom is -0.373 e. The monoisotopic (exact) mass is 418 g/mol. The Morgan fingerprint density at radius 3 is 2.31 bits per heavy atom. The molecule has 1 aromatic carbocycles. The van der Waals surface area contributed by atoms with Crippen LogP contribution >= 0.6 is 11.6 Å². The Morgan fingerprint density at radius 2 is 1.66 bits per heavy atom. The lowest BCUT2D eigenvalue weighted by molar-refractivity contribution is 0.224. The largest absolute Gasteiger partial charge is 0.373 e. The number of rotatable bonds is 8. The van der Waals surface area contributed by atoms with Gasteiger partial charge in [-0.3, -0.25) is 13.9 Å². The van der Waals surface area contributed by atoms with E-state index in [9.17, 15) is 9.59 Å². The summed E-state index contributed by atoms with van der Waals surface area (Å²) in [6, 6.07) is 3.65. The molecule has 0 saturated carbocycles. The molecule has 0 bridgehead atoms. The lowest BCUT2D eigenvalue weighted by Gasteiger charge is -2.13. The van der Waals surface area contributed by atoms with Gasteiger partial charge in [0.1, 0.15) is 6.33 Å². The van der Waals surface area contributed by atoms with Crippen molar-refractivity contribution in [1.29, 1.82) is 0 Å². The minimum atomic E-state index is -0.382. The Kier molecular flexibility index (Phi) is 6.47. The first-order valence-corrected chi connectivity index (χ1v) is 10.4. The van der Waals surface area contributed by atoms with E-state index in [0.29, 0.717) is 29.5 Å². The molecule has 0 amide bonds. The van der Waals surface area contributed by atoms with E-state index in [1.807, 2.05) is 32.9 Å². The van der Waals surface area contributed by atoms with Crippen LogP contribution in [0.15, 0.2) is 28.0 Å². The molecule has 2 heterocycles. The molecule has 8 heteroatoms. The van der Waals surface area contributed by atoms with Crippen LogP contribution in [-0.2, 0) is 13.1 Å². The lowest BCUT2D eigenvalue weighted by atomic mass is 10.1. The van der Waals surface area contributed by atoms with Gasteiger partial charge in [0.15, 0.2) is 16.9 Å². The van der Waals surface area contributed by atoms with Crippen molar-refractivity contribution in [3.8, 4) is 5.75 Å². The maximum atomic E-state index is 13.1. The van der Waals surface area contributed by atoms with Gasteiger partial charge in [0.05, 0.1) is 0 Å². The molecule has 0 fully saturated rings. The fourth-order valence-electron chi connectivity index (χ4n) is 3.22. The van der Waals surface area contributed by atoms with Crippen molar-refractivity contribution in [3.63, 3.8) is 0 Å². The molecule has 29 heavy (non-hydrogen) atoms. The van der Waals surface area contributed by atoms with Crippen molar-refractivity contribution in [2.24, 2.45) is 0 Å². The predicted octanol–water partition coefficient (Wildman–Crippen LogP) is 4.07. The number of aromatic nitrogens is 4. The van der Waals surface area contributed by atoms with Gasteiger partial charge in [-0.05, 0) is 49.9 Å². The van der Waals surface area contributed by atoms with Crippen molar-refractivity contribution >= 4 is 22.8 Å². The number of imidazole rings is 1. The fourth-order valence-corrected chi connectivity index (χ4v) is 3.44. The van der Waals surface area contributed by atoms with Crippen molar-refractivity contribution in [3.05, 3.63) is 55.4 Å². The molecule has 0 atom stereocenters. The Morgan fingerprint density at radius 1 is 1.00 bits per heavy atom. The van der Waals surface area contributed by atoms with Crippen LogP contribution < -0.4 is 16.1 Å². The molecule has 3 rings (SSSR count). The van der Waals surface area contributed by atoms with Gasteiger partial charge in [0.25, 0.3) is 5.56 Å². The lowest BCUT2D eigenvalue weighted by Crippen LogP contribution is -2.41. The van der Waals surface area contributed by atoms with E-state index in [4.69, 9.17) is 16.4 Å². The molecule has 0 spiro atoms. The molecule has 0 aliphatic carbocycles. The summed E-state index contributed by atoms with van der Waals surface area (Å²) in [4.78, 5) is 36.4. The molecule has 3 aromatic rings. The first kappa shape index (κ1) is 21.2. The number of hydrogen-bond donors (Lipinski definition) is 0. The van der Waals surface area contributed by atoms with E-state index < -0.39 is 0 Å². The molecule has 0 aliphatic heterocycles. The third-order valence-corrected chi connectivity index (χ3v) is 5.41. The van der Waals surface area contributed by atoms with Gasteiger partial charge in [-0.2, -0.15) is 4.73 Å². The molecule has 0 N–H and O–H groups in total. The third-order valence-electron chi connectivity index (χ3n) is 5.01. The summed E-state index contributed by atoms with van der Waals surface area (Å²) in [5.41, 5.74) is 1.64. The summed E-state index contributed by atoms with van der Waals surface area (Å²) in [6.07, 6.45) is 4.84. The second-order valence-corrected chi connectivity index (χ2v) is 7.71. The van der Waals surface area contributed by atoms with Crippen molar-refractivity contribution < 1.29 is 4.84 Å². The maximum Gasteiger partial charge on any atom is 0.332 e. The second kappa shape index (κ2) is 8.86. The Labute approximate surface area is 174 Å². The summed E-state index contributed by atoms with van der Waals surface area (Å²) in [5, 5.41) is 0.653. The van der Waals surface area contributed by atoms with Crippen molar-refractivity contribution in [1.82, 2.24) is 18.8 Å². The smallest absolute Gasteiger partial charge is 0.332 e. The molecule has 0 aliphatic rings. The number of fused-ring (bicyclic) bond motifs is 1. The quantitative estimate of drug-likeness (QED) is 0.552. The number of hydrogen-bond acceptors (Lipinski definition) is 4. The van der Waals surface area contributed by atoms with Crippen molar-refractivity contribution in [2.45, 2.75) is 66.5 Å². The highest BCUT2D eigenvalue weighted by Crippen LogP contribution is 2.26. The molecule has 2 aromatic heterocycles. The molecule has 0 radical (unpaired) electrons. The van der Waals surface area contributed by atoms with E-state index in [1.165, 1.54) is 15.6 Å². The average molecular weight is 419 g/mol. The van der Waals surface area contributed by atoms with Crippen LogP contribution in [0.25, 0.3) is 11.2 Å². The van der Waals surface area contributed by atoms with Gasteiger partial charge in [-0.1, -0.05) is 38.3 Å². The Bertz CT molecular complexity index is 1140. The van der Waals surface area contributed by atoms with Crippen LogP contribution in [0.5, 0.6) is 5.75 Å². The van der Waals surface area contributed by atoms with Gasteiger partial charge in [0.2, 0.25) is 0 Å². The summed E-state index contributed by atoms with van der Waals surface area (Å²) in [7, 11) is 0. The van der Waals surface area contributed by atoms with E-state index >= 15 is 0 Å².